The number of carboxylic acids is 1. The van der Waals surface area contributed by atoms with Crippen LogP contribution in [0.15, 0.2) is 0 Å². The molecule has 0 bridgehead atoms. The van der Waals surface area contributed by atoms with Gasteiger partial charge in [-0.3, -0.25) is 9.69 Å². The van der Waals surface area contributed by atoms with E-state index in [1.807, 2.05) is 11.8 Å². The number of nitrogens with zero attached hydrogens (tertiary/aromatic N) is 2. The van der Waals surface area contributed by atoms with Crippen molar-refractivity contribution in [2.24, 2.45) is 5.92 Å². The largest absolute Gasteiger partial charge is 0.481 e. The Morgan fingerprint density at radius 1 is 1.62 bits per heavy atom. The molecule has 2 atom stereocenters. The summed E-state index contributed by atoms with van der Waals surface area (Å²) in [7, 11) is 0. The molecule has 0 fully saturated rings. The van der Waals surface area contributed by atoms with Crippen LogP contribution in [0.3, 0.4) is 0 Å². The van der Waals surface area contributed by atoms with E-state index in [2.05, 4.69) is 6.07 Å². The van der Waals surface area contributed by atoms with Crippen LogP contribution in [0.5, 0.6) is 0 Å². The zero-order chi connectivity index (χ0) is 10.4. The molecule has 0 aromatic heterocycles. The molecule has 1 N–H and O–H groups in total. The lowest BCUT2D eigenvalue weighted by atomic mass is 10.1. The van der Waals surface area contributed by atoms with E-state index in [0.29, 0.717) is 13.1 Å². The van der Waals surface area contributed by atoms with E-state index in [0.717, 1.165) is 0 Å². The van der Waals surface area contributed by atoms with E-state index in [4.69, 9.17) is 10.4 Å². The molecule has 0 spiro atoms. The second kappa shape index (κ2) is 5.55. The van der Waals surface area contributed by atoms with Gasteiger partial charge in [-0.05, 0) is 13.5 Å². The lowest BCUT2D eigenvalue weighted by molar-refractivity contribution is -0.141. The molecule has 0 aliphatic heterocycles. The Morgan fingerprint density at radius 2 is 2.15 bits per heavy atom. The topological polar surface area (TPSA) is 64.3 Å². The first-order valence-corrected chi connectivity index (χ1v) is 4.39. The zero-order valence-electron chi connectivity index (χ0n) is 8.32. The highest BCUT2D eigenvalue weighted by molar-refractivity contribution is 5.69. The summed E-state index contributed by atoms with van der Waals surface area (Å²) >= 11 is 0. The molecule has 74 valence electrons. The van der Waals surface area contributed by atoms with E-state index in [-0.39, 0.29) is 6.04 Å². The Hall–Kier alpha value is -1.08. The molecule has 13 heavy (non-hydrogen) atoms. The SMILES string of the molecule is CCN(CC(C)C(=O)O)C(C)C#N. The number of carboxylic acid groups (broad SMARTS) is 1. The summed E-state index contributed by atoms with van der Waals surface area (Å²) in [6.45, 7) is 6.47. The molecule has 4 heteroatoms. The van der Waals surface area contributed by atoms with Crippen LogP contribution >= 0.6 is 0 Å². The van der Waals surface area contributed by atoms with E-state index in [1.165, 1.54) is 0 Å². The van der Waals surface area contributed by atoms with Crippen molar-refractivity contribution in [3.63, 3.8) is 0 Å². The summed E-state index contributed by atoms with van der Waals surface area (Å²) in [5.74, 6) is -1.24. The summed E-state index contributed by atoms with van der Waals surface area (Å²) in [6, 6.07) is 1.88. The van der Waals surface area contributed by atoms with Gasteiger partial charge in [-0.15, -0.1) is 0 Å². The van der Waals surface area contributed by atoms with Crippen LogP contribution in [0.1, 0.15) is 20.8 Å². The van der Waals surface area contributed by atoms with Crippen LogP contribution < -0.4 is 0 Å². The maximum absolute atomic E-state index is 10.6. The van der Waals surface area contributed by atoms with Crippen molar-refractivity contribution < 1.29 is 9.90 Å². The van der Waals surface area contributed by atoms with Crippen LogP contribution in [0.2, 0.25) is 0 Å². The lowest BCUT2D eigenvalue weighted by Gasteiger charge is -2.24. The quantitative estimate of drug-likeness (QED) is 0.690. The van der Waals surface area contributed by atoms with Crippen LogP contribution in [-0.4, -0.2) is 35.1 Å². The van der Waals surface area contributed by atoms with Gasteiger partial charge in [0.1, 0.15) is 0 Å². The monoisotopic (exact) mass is 184 g/mol. The molecule has 0 aromatic carbocycles. The Balaban J connectivity index is 4.14. The highest BCUT2D eigenvalue weighted by Gasteiger charge is 2.18. The first-order valence-electron chi connectivity index (χ1n) is 4.39. The van der Waals surface area contributed by atoms with Gasteiger partial charge >= 0.3 is 5.97 Å². The molecule has 0 aliphatic rings. The predicted octanol–water partition coefficient (Wildman–Crippen LogP) is 0.941. The van der Waals surface area contributed by atoms with Gasteiger partial charge < -0.3 is 5.11 Å². The Morgan fingerprint density at radius 3 is 2.46 bits per heavy atom. The molecule has 0 saturated heterocycles. The van der Waals surface area contributed by atoms with Gasteiger partial charge in [-0.1, -0.05) is 13.8 Å². The minimum atomic E-state index is -0.816. The van der Waals surface area contributed by atoms with Crippen molar-refractivity contribution >= 4 is 5.97 Å². The Kier molecular flexibility index (Phi) is 5.09. The smallest absolute Gasteiger partial charge is 0.307 e. The fourth-order valence-electron chi connectivity index (χ4n) is 1.07. The molecular weight excluding hydrogens is 168 g/mol. The van der Waals surface area contributed by atoms with Crippen LogP contribution in [-0.2, 0) is 4.79 Å². The highest BCUT2D eigenvalue weighted by Crippen LogP contribution is 2.04. The number of hydrogen-bond acceptors (Lipinski definition) is 3. The van der Waals surface area contributed by atoms with Crippen molar-refractivity contribution in [1.29, 1.82) is 5.26 Å². The first-order chi connectivity index (χ1) is 6.02. The van der Waals surface area contributed by atoms with Crippen molar-refractivity contribution in [3.8, 4) is 6.07 Å². The lowest BCUT2D eigenvalue weighted by Crippen LogP contribution is -2.37. The molecule has 4 nitrogen and oxygen atoms in total. The van der Waals surface area contributed by atoms with Gasteiger partial charge in [-0.25, -0.2) is 0 Å². The standard InChI is InChI=1S/C9H16N2O2/c1-4-11(8(3)5-10)6-7(2)9(12)13/h7-8H,4,6H2,1-3H3,(H,12,13). The third-order valence-corrected chi connectivity index (χ3v) is 2.07. The van der Waals surface area contributed by atoms with E-state index in [1.54, 1.807) is 13.8 Å². The number of nitriles is 1. The zero-order valence-corrected chi connectivity index (χ0v) is 8.32. The second-order valence-electron chi connectivity index (χ2n) is 3.13. The molecule has 0 heterocycles. The minimum Gasteiger partial charge on any atom is -0.481 e. The number of aliphatic carboxylic acids is 1. The maximum Gasteiger partial charge on any atom is 0.307 e. The predicted molar refractivity (Wildman–Crippen MR) is 49.1 cm³/mol. The average molecular weight is 184 g/mol. The average Bonchev–Trinajstić information content (AvgIpc) is 2.12. The van der Waals surface area contributed by atoms with Crippen molar-refractivity contribution in [1.82, 2.24) is 4.90 Å². The number of carbonyl (C=O) groups is 1. The molecular formula is C9H16N2O2. The van der Waals surface area contributed by atoms with Gasteiger partial charge in [-0.2, -0.15) is 5.26 Å². The van der Waals surface area contributed by atoms with Crippen molar-refractivity contribution in [2.75, 3.05) is 13.1 Å². The third-order valence-electron chi connectivity index (χ3n) is 2.07. The van der Waals surface area contributed by atoms with E-state index in [9.17, 15) is 4.79 Å². The first kappa shape index (κ1) is 11.9. The van der Waals surface area contributed by atoms with E-state index >= 15 is 0 Å². The summed E-state index contributed by atoms with van der Waals surface area (Å²) in [4.78, 5) is 12.4. The molecule has 0 amide bonds. The van der Waals surface area contributed by atoms with Gasteiger partial charge in [0.2, 0.25) is 0 Å². The molecule has 0 rings (SSSR count). The minimum absolute atomic E-state index is 0.216. The van der Waals surface area contributed by atoms with Crippen LogP contribution in [0.25, 0.3) is 0 Å². The normalized spacial score (nSPS) is 15.0. The van der Waals surface area contributed by atoms with Crippen molar-refractivity contribution in [3.05, 3.63) is 0 Å². The van der Waals surface area contributed by atoms with E-state index < -0.39 is 11.9 Å². The summed E-state index contributed by atoms with van der Waals surface area (Å²) < 4.78 is 0. The summed E-state index contributed by atoms with van der Waals surface area (Å²) in [6.07, 6.45) is 0. The highest BCUT2D eigenvalue weighted by atomic mass is 16.4. The van der Waals surface area contributed by atoms with Gasteiger partial charge in [0.15, 0.2) is 0 Å². The van der Waals surface area contributed by atoms with Crippen molar-refractivity contribution in [2.45, 2.75) is 26.8 Å². The fourth-order valence-corrected chi connectivity index (χ4v) is 1.07. The number of rotatable bonds is 5. The van der Waals surface area contributed by atoms with Crippen LogP contribution in [0, 0.1) is 17.2 Å². The molecule has 0 saturated carbocycles. The Labute approximate surface area is 78.8 Å². The van der Waals surface area contributed by atoms with Gasteiger partial charge in [0, 0.05) is 6.54 Å². The fraction of sp³-hybridized carbons (Fsp3) is 0.778. The number of hydrogen-bond donors (Lipinski definition) is 1. The van der Waals surface area contributed by atoms with Gasteiger partial charge in [0.05, 0.1) is 18.0 Å². The Bertz CT molecular complexity index is 210. The molecule has 0 aromatic rings. The summed E-state index contributed by atoms with van der Waals surface area (Å²) in [5.41, 5.74) is 0. The summed E-state index contributed by atoms with van der Waals surface area (Å²) in [5, 5.41) is 17.3. The molecule has 0 radical (unpaired) electrons. The van der Waals surface area contributed by atoms with Gasteiger partial charge in [0.25, 0.3) is 0 Å². The second-order valence-corrected chi connectivity index (χ2v) is 3.13. The maximum atomic E-state index is 10.6. The third kappa shape index (κ3) is 3.90. The molecule has 2 unspecified atom stereocenters. The molecule has 0 aliphatic carbocycles. The van der Waals surface area contributed by atoms with Crippen LogP contribution in [0.4, 0.5) is 0 Å².